The molecule has 0 aromatic heterocycles. The topological polar surface area (TPSA) is 12.0 Å². The summed E-state index contributed by atoms with van der Waals surface area (Å²) >= 11 is 11.9. The monoisotopic (exact) mass is 293 g/mol. The van der Waals surface area contributed by atoms with Crippen molar-refractivity contribution in [1.29, 1.82) is 0 Å². The predicted molar refractivity (Wildman–Crippen MR) is 84.4 cm³/mol. The summed E-state index contributed by atoms with van der Waals surface area (Å²) in [6, 6.07) is 10.1. The summed E-state index contributed by atoms with van der Waals surface area (Å²) in [7, 11) is 0. The average Bonchev–Trinajstić information content (AvgIpc) is 2.32. The Bertz CT molecular complexity index is 583. The maximum Gasteiger partial charge on any atom is 0.0595 e. The molecule has 0 aliphatic carbocycles. The van der Waals surface area contributed by atoms with Gasteiger partial charge < -0.3 is 5.32 Å². The lowest BCUT2D eigenvalue weighted by atomic mass is 10.0. The molecule has 0 spiro atoms. The quantitative estimate of drug-likeness (QED) is 0.784. The summed E-state index contributed by atoms with van der Waals surface area (Å²) in [6.45, 7) is 7.10. The summed E-state index contributed by atoms with van der Waals surface area (Å²) in [5.74, 6) is 0. The summed E-state index contributed by atoms with van der Waals surface area (Å²) < 4.78 is 0. The van der Waals surface area contributed by atoms with Crippen LogP contribution in [0.4, 0.5) is 5.69 Å². The SMILES string of the molecule is Cc1cc(C)c(NCc2ccc(Cl)c(Cl)c2)c(C)c1. The van der Waals surface area contributed by atoms with Gasteiger partial charge in [-0.2, -0.15) is 0 Å². The van der Waals surface area contributed by atoms with E-state index in [9.17, 15) is 0 Å². The van der Waals surface area contributed by atoms with Crippen LogP contribution in [-0.4, -0.2) is 0 Å². The molecule has 0 fully saturated rings. The van der Waals surface area contributed by atoms with Gasteiger partial charge in [-0.05, 0) is 49.6 Å². The van der Waals surface area contributed by atoms with Gasteiger partial charge in [0, 0.05) is 12.2 Å². The molecule has 3 heteroatoms. The molecule has 0 aliphatic rings. The number of nitrogens with one attached hydrogen (secondary N) is 1. The maximum absolute atomic E-state index is 6.02. The van der Waals surface area contributed by atoms with Gasteiger partial charge in [0.2, 0.25) is 0 Å². The van der Waals surface area contributed by atoms with Crippen molar-refractivity contribution in [1.82, 2.24) is 0 Å². The highest BCUT2D eigenvalue weighted by Gasteiger charge is 2.04. The zero-order chi connectivity index (χ0) is 14.0. The van der Waals surface area contributed by atoms with Crippen LogP contribution in [0.5, 0.6) is 0 Å². The van der Waals surface area contributed by atoms with Gasteiger partial charge in [0.15, 0.2) is 0 Å². The number of rotatable bonds is 3. The number of benzene rings is 2. The molecule has 0 radical (unpaired) electrons. The Kier molecular flexibility index (Phi) is 4.38. The van der Waals surface area contributed by atoms with Crippen LogP contribution in [0.3, 0.4) is 0 Å². The van der Waals surface area contributed by atoms with Gasteiger partial charge in [-0.3, -0.25) is 0 Å². The highest BCUT2D eigenvalue weighted by Crippen LogP contribution is 2.25. The number of hydrogen-bond donors (Lipinski definition) is 1. The van der Waals surface area contributed by atoms with E-state index in [4.69, 9.17) is 23.2 Å². The Labute approximate surface area is 124 Å². The van der Waals surface area contributed by atoms with Gasteiger partial charge in [-0.15, -0.1) is 0 Å². The second kappa shape index (κ2) is 5.85. The standard InChI is InChI=1S/C16H17Cl2N/c1-10-6-11(2)16(12(3)7-10)19-9-13-4-5-14(17)15(18)8-13/h4-8,19H,9H2,1-3H3. The molecule has 2 aromatic carbocycles. The Balaban J connectivity index is 2.16. The van der Waals surface area contributed by atoms with E-state index in [0.717, 1.165) is 12.1 Å². The molecule has 19 heavy (non-hydrogen) atoms. The van der Waals surface area contributed by atoms with E-state index in [1.165, 1.54) is 22.4 Å². The summed E-state index contributed by atoms with van der Waals surface area (Å²) in [5.41, 5.74) is 6.12. The van der Waals surface area contributed by atoms with Gasteiger partial charge in [0.1, 0.15) is 0 Å². The van der Waals surface area contributed by atoms with Crippen molar-refractivity contribution >= 4 is 28.9 Å². The van der Waals surface area contributed by atoms with Crippen molar-refractivity contribution in [3.63, 3.8) is 0 Å². The fourth-order valence-corrected chi connectivity index (χ4v) is 2.62. The van der Waals surface area contributed by atoms with E-state index in [2.05, 4.69) is 38.2 Å². The first kappa shape index (κ1) is 14.2. The third-order valence-corrected chi connectivity index (χ3v) is 3.87. The lowest BCUT2D eigenvalue weighted by Gasteiger charge is -2.14. The summed E-state index contributed by atoms with van der Waals surface area (Å²) in [4.78, 5) is 0. The van der Waals surface area contributed by atoms with E-state index >= 15 is 0 Å². The van der Waals surface area contributed by atoms with Gasteiger partial charge >= 0.3 is 0 Å². The van der Waals surface area contributed by atoms with Gasteiger partial charge in [-0.1, -0.05) is 47.0 Å². The summed E-state index contributed by atoms with van der Waals surface area (Å²) in [5, 5.41) is 4.66. The Morgan fingerprint density at radius 1 is 0.895 bits per heavy atom. The van der Waals surface area contributed by atoms with Crippen LogP contribution in [0.15, 0.2) is 30.3 Å². The number of anilines is 1. The third-order valence-electron chi connectivity index (χ3n) is 3.13. The highest BCUT2D eigenvalue weighted by molar-refractivity contribution is 6.42. The number of aryl methyl sites for hydroxylation is 3. The normalized spacial score (nSPS) is 10.6. The smallest absolute Gasteiger partial charge is 0.0595 e. The van der Waals surface area contributed by atoms with E-state index in [1.807, 2.05) is 18.2 Å². The molecule has 1 nitrogen and oxygen atoms in total. The lowest BCUT2D eigenvalue weighted by molar-refractivity contribution is 1.13. The van der Waals surface area contributed by atoms with Crippen LogP contribution in [0.2, 0.25) is 10.0 Å². The molecule has 1 N–H and O–H groups in total. The van der Waals surface area contributed by atoms with E-state index in [1.54, 1.807) is 0 Å². The lowest BCUT2D eigenvalue weighted by Crippen LogP contribution is -2.03. The second-order valence-electron chi connectivity index (χ2n) is 4.88. The van der Waals surface area contributed by atoms with Crippen molar-refractivity contribution in [2.45, 2.75) is 27.3 Å². The number of hydrogen-bond acceptors (Lipinski definition) is 1. The summed E-state index contributed by atoms with van der Waals surface area (Å²) in [6.07, 6.45) is 0. The van der Waals surface area contributed by atoms with Crippen molar-refractivity contribution in [2.24, 2.45) is 0 Å². The minimum absolute atomic E-state index is 0.591. The largest absolute Gasteiger partial charge is 0.381 e. The fraction of sp³-hybridized carbons (Fsp3) is 0.250. The van der Waals surface area contributed by atoms with E-state index in [-0.39, 0.29) is 0 Å². The van der Waals surface area contributed by atoms with Gasteiger partial charge in [-0.25, -0.2) is 0 Å². The van der Waals surface area contributed by atoms with Gasteiger partial charge in [0.05, 0.1) is 10.0 Å². The van der Waals surface area contributed by atoms with Crippen LogP contribution in [-0.2, 0) is 6.54 Å². The zero-order valence-corrected chi connectivity index (χ0v) is 12.9. The molecule has 0 saturated heterocycles. The van der Waals surface area contributed by atoms with Crippen molar-refractivity contribution in [3.05, 3.63) is 62.6 Å². The van der Waals surface area contributed by atoms with E-state index in [0.29, 0.717) is 10.0 Å². The molecule has 0 atom stereocenters. The zero-order valence-electron chi connectivity index (χ0n) is 11.3. The molecule has 0 aliphatic heterocycles. The number of halogens is 2. The molecule has 0 saturated carbocycles. The Hall–Kier alpha value is -1.18. The molecular formula is C16H17Cl2N. The maximum atomic E-state index is 6.02. The average molecular weight is 294 g/mol. The van der Waals surface area contributed by atoms with Crippen LogP contribution in [0.25, 0.3) is 0 Å². The van der Waals surface area contributed by atoms with Crippen LogP contribution in [0, 0.1) is 20.8 Å². The first-order valence-corrected chi connectivity index (χ1v) is 6.98. The second-order valence-corrected chi connectivity index (χ2v) is 5.69. The highest BCUT2D eigenvalue weighted by atomic mass is 35.5. The first-order chi connectivity index (χ1) is 8.97. The van der Waals surface area contributed by atoms with Crippen LogP contribution in [0.1, 0.15) is 22.3 Å². The van der Waals surface area contributed by atoms with Crippen molar-refractivity contribution in [3.8, 4) is 0 Å². The molecule has 0 unspecified atom stereocenters. The first-order valence-electron chi connectivity index (χ1n) is 6.23. The third kappa shape index (κ3) is 3.43. The van der Waals surface area contributed by atoms with Gasteiger partial charge in [0.25, 0.3) is 0 Å². The molecule has 0 heterocycles. The molecular weight excluding hydrogens is 277 g/mol. The van der Waals surface area contributed by atoms with Crippen molar-refractivity contribution < 1.29 is 0 Å². The molecule has 100 valence electrons. The Morgan fingerprint density at radius 3 is 2.11 bits per heavy atom. The van der Waals surface area contributed by atoms with Crippen molar-refractivity contribution in [2.75, 3.05) is 5.32 Å². The molecule has 2 rings (SSSR count). The van der Waals surface area contributed by atoms with Crippen LogP contribution >= 0.6 is 23.2 Å². The fourth-order valence-electron chi connectivity index (χ4n) is 2.30. The van der Waals surface area contributed by atoms with Crippen LogP contribution < -0.4 is 5.32 Å². The van der Waals surface area contributed by atoms with E-state index < -0.39 is 0 Å². The molecule has 2 aromatic rings. The minimum Gasteiger partial charge on any atom is -0.381 e. The predicted octanol–water partition coefficient (Wildman–Crippen LogP) is 5.53. The Morgan fingerprint density at radius 2 is 1.53 bits per heavy atom. The molecule has 0 amide bonds. The minimum atomic E-state index is 0.591. The molecule has 0 bridgehead atoms.